The number of anilines is 1. The number of hydrogen-bond acceptors (Lipinski definition) is 3. The molecule has 0 aliphatic rings. The summed E-state index contributed by atoms with van der Waals surface area (Å²) in [5, 5.41) is 13.2. The van der Waals surface area contributed by atoms with Crippen LogP contribution in [0.15, 0.2) is 36.4 Å². The number of aromatic nitrogens is 2. The van der Waals surface area contributed by atoms with Crippen LogP contribution in [0.4, 0.5) is 5.69 Å². The van der Waals surface area contributed by atoms with Crippen molar-refractivity contribution in [1.29, 1.82) is 5.26 Å². The number of para-hydroxylation sites is 1. The lowest BCUT2D eigenvalue weighted by Crippen LogP contribution is -2.24. The molecule has 2 rings (SSSR count). The first-order valence-corrected chi connectivity index (χ1v) is 6.37. The molecular formula is C15H18N4. The molecule has 0 aliphatic carbocycles. The van der Waals surface area contributed by atoms with E-state index in [-0.39, 0.29) is 0 Å². The van der Waals surface area contributed by atoms with Gasteiger partial charge in [-0.3, -0.25) is 4.68 Å². The van der Waals surface area contributed by atoms with Crippen molar-refractivity contribution < 1.29 is 0 Å². The number of aryl methyl sites for hydroxylation is 2. The summed E-state index contributed by atoms with van der Waals surface area (Å²) < 4.78 is 1.90. The van der Waals surface area contributed by atoms with Crippen LogP contribution in [0, 0.1) is 18.3 Å². The molecule has 0 unspecified atom stereocenters. The molecule has 0 fully saturated rings. The Bertz CT molecular complexity index is 566. The SMILES string of the molecule is Cc1cc(CN(CCC#N)c2ccccc2)n(C)n1. The fraction of sp³-hybridized carbons (Fsp3) is 0.333. The minimum absolute atomic E-state index is 0.520. The van der Waals surface area contributed by atoms with Gasteiger partial charge in [0.25, 0.3) is 0 Å². The summed E-state index contributed by atoms with van der Waals surface area (Å²) in [7, 11) is 1.95. The molecule has 19 heavy (non-hydrogen) atoms. The first-order valence-electron chi connectivity index (χ1n) is 6.37. The van der Waals surface area contributed by atoms with Crippen LogP contribution in [-0.4, -0.2) is 16.3 Å². The van der Waals surface area contributed by atoms with Crippen LogP contribution in [0.25, 0.3) is 0 Å². The maximum absolute atomic E-state index is 8.79. The Morgan fingerprint density at radius 1 is 1.32 bits per heavy atom. The van der Waals surface area contributed by atoms with Crippen molar-refractivity contribution >= 4 is 5.69 Å². The van der Waals surface area contributed by atoms with Gasteiger partial charge in [0.05, 0.1) is 30.4 Å². The van der Waals surface area contributed by atoms with Crippen molar-refractivity contribution in [3.8, 4) is 6.07 Å². The van der Waals surface area contributed by atoms with E-state index in [4.69, 9.17) is 5.26 Å². The lowest BCUT2D eigenvalue weighted by Gasteiger charge is -2.23. The van der Waals surface area contributed by atoms with Gasteiger partial charge >= 0.3 is 0 Å². The van der Waals surface area contributed by atoms with Crippen LogP contribution in [0.1, 0.15) is 17.8 Å². The zero-order valence-corrected chi connectivity index (χ0v) is 11.4. The van der Waals surface area contributed by atoms with Crippen LogP contribution in [0.2, 0.25) is 0 Å². The molecule has 4 heteroatoms. The van der Waals surface area contributed by atoms with Crippen molar-refractivity contribution in [3.63, 3.8) is 0 Å². The molecule has 4 nitrogen and oxygen atoms in total. The third-order valence-corrected chi connectivity index (χ3v) is 3.07. The minimum atomic E-state index is 0.520. The highest BCUT2D eigenvalue weighted by molar-refractivity contribution is 5.46. The quantitative estimate of drug-likeness (QED) is 0.824. The summed E-state index contributed by atoms with van der Waals surface area (Å²) in [4.78, 5) is 2.21. The largest absolute Gasteiger partial charge is 0.365 e. The number of nitriles is 1. The van der Waals surface area contributed by atoms with E-state index in [0.29, 0.717) is 6.42 Å². The first-order chi connectivity index (χ1) is 9.20. The van der Waals surface area contributed by atoms with Crippen molar-refractivity contribution in [2.45, 2.75) is 19.9 Å². The Balaban J connectivity index is 2.19. The third kappa shape index (κ3) is 3.35. The van der Waals surface area contributed by atoms with E-state index in [1.165, 1.54) is 0 Å². The van der Waals surface area contributed by atoms with E-state index in [1.807, 2.05) is 36.9 Å². The third-order valence-electron chi connectivity index (χ3n) is 3.07. The Kier molecular flexibility index (Phi) is 4.19. The summed E-state index contributed by atoms with van der Waals surface area (Å²) in [5.74, 6) is 0. The standard InChI is InChI=1S/C15H18N4/c1-13-11-15(18(2)17-13)12-19(10-6-9-16)14-7-4-3-5-8-14/h3-5,7-8,11H,6,10,12H2,1-2H3. The predicted molar refractivity (Wildman–Crippen MR) is 75.7 cm³/mol. The molecule has 0 saturated carbocycles. The molecule has 1 heterocycles. The van der Waals surface area contributed by atoms with E-state index in [0.717, 1.165) is 30.2 Å². The summed E-state index contributed by atoms with van der Waals surface area (Å²) in [6.07, 6.45) is 0.520. The Labute approximate surface area is 113 Å². The molecule has 0 saturated heterocycles. The Morgan fingerprint density at radius 3 is 2.63 bits per heavy atom. The number of nitrogens with zero attached hydrogens (tertiary/aromatic N) is 4. The molecule has 1 aromatic heterocycles. The smallest absolute Gasteiger partial charge is 0.0640 e. The molecule has 0 aliphatic heterocycles. The van der Waals surface area contributed by atoms with Gasteiger partial charge in [0, 0.05) is 19.3 Å². The summed E-state index contributed by atoms with van der Waals surface area (Å²) in [6, 6.07) is 14.5. The summed E-state index contributed by atoms with van der Waals surface area (Å²) in [5.41, 5.74) is 3.31. The van der Waals surface area contributed by atoms with Crippen LogP contribution < -0.4 is 4.90 Å². The average Bonchev–Trinajstić information content (AvgIpc) is 2.73. The second-order valence-electron chi connectivity index (χ2n) is 4.57. The van der Waals surface area contributed by atoms with Gasteiger partial charge in [-0.2, -0.15) is 10.4 Å². The van der Waals surface area contributed by atoms with Gasteiger partial charge in [-0.25, -0.2) is 0 Å². The van der Waals surface area contributed by atoms with Gasteiger partial charge in [0.1, 0.15) is 0 Å². The zero-order valence-electron chi connectivity index (χ0n) is 11.4. The highest BCUT2D eigenvalue weighted by atomic mass is 15.3. The molecule has 0 atom stereocenters. The van der Waals surface area contributed by atoms with Crippen LogP contribution in [0.5, 0.6) is 0 Å². The maximum atomic E-state index is 8.79. The van der Waals surface area contributed by atoms with E-state index >= 15 is 0 Å². The molecule has 0 bridgehead atoms. The van der Waals surface area contributed by atoms with Gasteiger partial charge in [0.15, 0.2) is 0 Å². The molecule has 0 amide bonds. The molecule has 0 spiro atoms. The molecule has 0 radical (unpaired) electrons. The lowest BCUT2D eigenvalue weighted by atomic mass is 10.2. The number of benzene rings is 1. The highest BCUT2D eigenvalue weighted by Crippen LogP contribution is 2.17. The van der Waals surface area contributed by atoms with E-state index < -0.39 is 0 Å². The van der Waals surface area contributed by atoms with Gasteiger partial charge < -0.3 is 4.90 Å². The normalized spacial score (nSPS) is 10.2. The fourth-order valence-electron chi connectivity index (χ4n) is 2.13. The van der Waals surface area contributed by atoms with Gasteiger partial charge in [-0.05, 0) is 25.1 Å². The fourth-order valence-corrected chi connectivity index (χ4v) is 2.13. The molecule has 1 aromatic carbocycles. The molecule has 98 valence electrons. The predicted octanol–water partition coefficient (Wildman–Crippen LogP) is 2.65. The van der Waals surface area contributed by atoms with E-state index in [2.05, 4.69) is 34.3 Å². The monoisotopic (exact) mass is 254 g/mol. The molecule has 2 aromatic rings. The first kappa shape index (κ1) is 13.2. The minimum Gasteiger partial charge on any atom is -0.365 e. The van der Waals surface area contributed by atoms with Crippen molar-refractivity contribution in [2.75, 3.05) is 11.4 Å². The van der Waals surface area contributed by atoms with Gasteiger partial charge in [0.2, 0.25) is 0 Å². The van der Waals surface area contributed by atoms with Gasteiger partial charge in [-0.1, -0.05) is 18.2 Å². The second kappa shape index (κ2) is 6.05. The van der Waals surface area contributed by atoms with Crippen LogP contribution in [-0.2, 0) is 13.6 Å². The van der Waals surface area contributed by atoms with Crippen molar-refractivity contribution in [1.82, 2.24) is 9.78 Å². The van der Waals surface area contributed by atoms with E-state index in [9.17, 15) is 0 Å². The Hall–Kier alpha value is -2.28. The topological polar surface area (TPSA) is 44.9 Å². The average molecular weight is 254 g/mol. The summed E-state index contributed by atoms with van der Waals surface area (Å²) >= 11 is 0. The maximum Gasteiger partial charge on any atom is 0.0640 e. The lowest BCUT2D eigenvalue weighted by molar-refractivity contribution is 0.676. The highest BCUT2D eigenvalue weighted by Gasteiger charge is 2.10. The Morgan fingerprint density at radius 2 is 2.05 bits per heavy atom. The van der Waals surface area contributed by atoms with Crippen molar-refractivity contribution in [2.24, 2.45) is 7.05 Å². The number of rotatable bonds is 5. The van der Waals surface area contributed by atoms with Crippen LogP contribution in [0.3, 0.4) is 0 Å². The van der Waals surface area contributed by atoms with Gasteiger partial charge in [-0.15, -0.1) is 0 Å². The second-order valence-corrected chi connectivity index (χ2v) is 4.57. The summed E-state index contributed by atoms with van der Waals surface area (Å²) in [6.45, 7) is 3.49. The molecular weight excluding hydrogens is 236 g/mol. The molecule has 0 N–H and O–H groups in total. The number of hydrogen-bond donors (Lipinski definition) is 0. The zero-order chi connectivity index (χ0) is 13.7. The van der Waals surface area contributed by atoms with E-state index in [1.54, 1.807) is 0 Å². The van der Waals surface area contributed by atoms with Crippen LogP contribution >= 0.6 is 0 Å². The van der Waals surface area contributed by atoms with Crippen molar-refractivity contribution in [3.05, 3.63) is 47.8 Å².